The molecular formula is C15H12Cl2F3N3O2S. The summed E-state index contributed by atoms with van der Waals surface area (Å²) in [6.45, 7) is 0.227. The van der Waals surface area contributed by atoms with E-state index in [2.05, 4.69) is 15.6 Å². The number of alkyl halides is 3. The zero-order valence-corrected chi connectivity index (χ0v) is 15.3. The summed E-state index contributed by atoms with van der Waals surface area (Å²) in [4.78, 5) is 16.7. The number of benzene rings is 1. The highest BCUT2D eigenvalue weighted by Gasteiger charge is 2.58. The minimum absolute atomic E-state index is 0.000289. The largest absolute Gasteiger partial charge is 0.421 e. The number of carbonyl (C=O) groups excluding carboxylic acids is 1. The van der Waals surface area contributed by atoms with Crippen molar-refractivity contribution >= 4 is 46.3 Å². The Morgan fingerprint density at radius 2 is 2.15 bits per heavy atom. The van der Waals surface area contributed by atoms with Crippen LogP contribution in [0.25, 0.3) is 0 Å². The average molecular weight is 426 g/mol. The number of hydrogen-bond acceptors (Lipinski definition) is 4. The highest BCUT2D eigenvalue weighted by atomic mass is 35.5. The van der Waals surface area contributed by atoms with Gasteiger partial charge in [-0.3, -0.25) is 4.98 Å². The molecule has 3 N–H and O–H groups in total. The number of anilines is 1. The molecule has 1 aliphatic carbocycles. The molecule has 11 heteroatoms. The maximum atomic E-state index is 13.2. The molecule has 0 aliphatic heterocycles. The second-order valence-electron chi connectivity index (χ2n) is 5.71. The number of aliphatic hydroxyl groups is 1. The quantitative estimate of drug-likeness (QED) is 0.678. The third-order valence-corrected chi connectivity index (χ3v) is 5.61. The first-order chi connectivity index (χ1) is 12.1. The lowest BCUT2D eigenvalue weighted by molar-refractivity contribution is -0.265. The van der Waals surface area contributed by atoms with Crippen LogP contribution in [0, 0.1) is 0 Å². The summed E-state index contributed by atoms with van der Waals surface area (Å²) in [6, 6.07) is 0.383. The van der Waals surface area contributed by atoms with Crippen molar-refractivity contribution in [3.63, 3.8) is 0 Å². The Bertz CT molecular complexity index is 846. The van der Waals surface area contributed by atoms with E-state index < -0.39 is 24.2 Å². The van der Waals surface area contributed by atoms with Crippen LogP contribution in [0.15, 0.2) is 17.8 Å². The number of hydrogen-bond donors (Lipinski definition) is 3. The monoisotopic (exact) mass is 425 g/mol. The molecule has 1 aromatic heterocycles. The normalized spacial score (nSPS) is 19.3. The van der Waals surface area contributed by atoms with E-state index in [1.54, 1.807) is 11.7 Å². The maximum absolute atomic E-state index is 13.2. The number of urea groups is 1. The summed E-state index contributed by atoms with van der Waals surface area (Å²) in [5.74, 6) is 0. The molecule has 1 atom stereocenters. The Balaban J connectivity index is 1.83. The Morgan fingerprint density at radius 3 is 2.77 bits per heavy atom. The van der Waals surface area contributed by atoms with Crippen LogP contribution >= 0.6 is 34.5 Å². The van der Waals surface area contributed by atoms with Gasteiger partial charge in [0.25, 0.3) is 0 Å². The number of nitrogens with zero attached hydrogens (tertiary/aromatic N) is 1. The van der Waals surface area contributed by atoms with Gasteiger partial charge in [-0.15, -0.1) is 11.3 Å². The van der Waals surface area contributed by atoms with E-state index in [4.69, 9.17) is 23.2 Å². The molecule has 1 unspecified atom stereocenters. The average Bonchev–Trinajstić information content (AvgIpc) is 3.18. The molecular weight excluding hydrogens is 414 g/mol. The van der Waals surface area contributed by atoms with E-state index in [-0.39, 0.29) is 39.8 Å². The fourth-order valence-electron chi connectivity index (χ4n) is 2.78. The van der Waals surface area contributed by atoms with Crippen LogP contribution in [0.3, 0.4) is 0 Å². The van der Waals surface area contributed by atoms with Gasteiger partial charge in [-0.05, 0) is 30.0 Å². The van der Waals surface area contributed by atoms with Crippen molar-refractivity contribution in [2.24, 2.45) is 0 Å². The molecule has 3 rings (SSSR count). The highest BCUT2D eigenvalue weighted by molar-refractivity contribution is 7.09. The van der Waals surface area contributed by atoms with Crippen molar-refractivity contribution in [3.8, 4) is 0 Å². The second-order valence-corrected chi connectivity index (χ2v) is 7.46. The molecule has 26 heavy (non-hydrogen) atoms. The number of amides is 2. The number of fused-ring (bicyclic) bond motifs is 1. The van der Waals surface area contributed by atoms with Crippen LogP contribution in [0.1, 0.15) is 22.4 Å². The number of nitrogens with one attached hydrogen (secondary N) is 2. The number of carbonyl (C=O) groups is 1. The predicted molar refractivity (Wildman–Crippen MR) is 92.7 cm³/mol. The molecule has 140 valence electrons. The van der Waals surface area contributed by atoms with Crippen molar-refractivity contribution in [3.05, 3.63) is 43.8 Å². The minimum Gasteiger partial charge on any atom is -0.376 e. The number of aromatic nitrogens is 1. The van der Waals surface area contributed by atoms with E-state index in [0.717, 1.165) is 10.9 Å². The van der Waals surface area contributed by atoms with Gasteiger partial charge in [-0.2, -0.15) is 13.2 Å². The maximum Gasteiger partial charge on any atom is 0.421 e. The van der Waals surface area contributed by atoms with E-state index in [1.807, 2.05) is 0 Å². The third-order valence-electron chi connectivity index (χ3n) is 4.12. The first kappa shape index (κ1) is 19.2. The van der Waals surface area contributed by atoms with Crippen LogP contribution in [0.5, 0.6) is 0 Å². The fraction of sp³-hybridized carbons (Fsp3) is 0.333. The summed E-state index contributed by atoms with van der Waals surface area (Å²) >= 11 is 13.5. The zero-order valence-electron chi connectivity index (χ0n) is 13.0. The smallest absolute Gasteiger partial charge is 0.376 e. The molecule has 0 radical (unpaired) electrons. The zero-order chi connectivity index (χ0) is 19.1. The van der Waals surface area contributed by atoms with E-state index in [0.29, 0.717) is 0 Å². The lowest BCUT2D eigenvalue weighted by Gasteiger charge is -2.27. The summed E-state index contributed by atoms with van der Waals surface area (Å²) in [5.41, 5.74) is -1.64. The molecule has 0 fully saturated rings. The van der Waals surface area contributed by atoms with Crippen molar-refractivity contribution in [1.82, 2.24) is 10.3 Å². The Kier molecular flexibility index (Phi) is 5.08. The SMILES string of the molecule is O=C(NCc1cncs1)Nc1c(Cl)cc2c(c1Cl)CCC2(O)C(F)(F)F. The molecule has 1 aliphatic rings. The van der Waals surface area contributed by atoms with Gasteiger partial charge in [-0.1, -0.05) is 23.2 Å². The van der Waals surface area contributed by atoms with Crippen LogP contribution in [0.2, 0.25) is 10.0 Å². The van der Waals surface area contributed by atoms with Gasteiger partial charge in [0, 0.05) is 11.1 Å². The van der Waals surface area contributed by atoms with Crippen molar-refractivity contribution in [2.45, 2.75) is 31.2 Å². The second kappa shape index (κ2) is 6.88. The summed E-state index contributed by atoms with van der Waals surface area (Å²) in [5, 5.41) is 14.8. The van der Waals surface area contributed by atoms with Crippen LogP contribution in [0.4, 0.5) is 23.7 Å². The first-order valence-electron chi connectivity index (χ1n) is 7.36. The van der Waals surface area contributed by atoms with Crippen LogP contribution < -0.4 is 10.6 Å². The molecule has 2 aromatic rings. The van der Waals surface area contributed by atoms with Gasteiger partial charge < -0.3 is 15.7 Å². The van der Waals surface area contributed by atoms with E-state index in [9.17, 15) is 23.1 Å². The highest BCUT2D eigenvalue weighted by Crippen LogP contribution is 2.52. The number of halogens is 5. The van der Waals surface area contributed by atoms with Gasteiger partial charge in [0.1, 0.15) is 0 Å². The van der Waals surface area contributed by atoms with Crippen LogP contribution in [-0.2, 0) is 18.6 Å². The molecule has 0 spiro atoms. The van der Waals surface area contributed by atoms with Crippen molar-refractivity contribution in [2.75, 3.05) is 5.32 Å². The summed E-state index contributed by atoms with van der Waals surface area (Å²) in [7, 11) is 0. The molecule has 2 amide bonds. The molecule has 0 bridgehead atoms. The Hall–Kier alpha value is -1.55. The minimum atomic E-state index is -4.86. The van der Waals surface area contributed by atoms with Gasteiger partial charge in [0.15, 0.2) is 5.60 Å². The van der Waals surface area contributed by atoms with E-state index in [1.165, 1.54) is 11.3 Å². The Labute approximate surface area is 160 Å². The molecule has 1 aromatic carbocycles. The molecule has 0 saturated heterocycles. The number of rotatable bonds is 3. The van der Waals surface area contributed by atoms with Gasteiger partial charge >= 0.3 is 12.2 Å². The van der Waals surface area contributed by atoms with Gasteiger partial charge in [0.05, 0.1) is 27.8 Å². The molecule has 1 heterocycles. The van der Waals surface area contributed by atoms with Gasteiger partial charge in [-0.25, -0.2) is 4.79 Å². The van der Waals surface area contributed by atoms with Gasteiger partial charge in [0.2, 0.25) is 0 Å². The standard InChI is InChI=1S/C15H12Cl2F3N3O2S/c16-10-3-9-8(1-2-14(9,25)15(18,19)20)11(17)12(10)23-13(24)22-5-7-4-21-6-26-7/h3-4,6,25H,1-2,5H2,(H2,22,23,24). The summed E-state index contributed by atoms with van der Waals surface area (Å²) < 4.78 is 39.6. The third kappa shape index (κ3) is 3.36. The fourth-order valence-corrected chi connectivity index (χ4v) is 3.96. The predicted octanol–water partition coefficient (Wildman–Crippen LogP) is 4.47. The summed E-state index contributed by atoms with van der Waals surface area (Å²) in [6.07, 6.45) is -3.90. The lowest BCUT2D eigenvalue weighted by Crippen LogP contribution is -2.40. The topological polar surface area (TPSA) is 74.2 Å². The molecule has 0 saturated carbocycles. The van der Waals surface area contributed by atoms with Crippen molar-refractivity contribution < 1.29 is 23.1 Å². The molecule has 5 nitrogen and oxygen atoms in total. The van der Waals surface area contributed by atoms with Crippen molar-refractivity contribution in [1.29, 1.82) is 0 Å². The first-order valence-corrected chi connectivity index (χ1v) is 8.99. The van der Waals surface area contributed by atoms with Crippen LogP contribution in [-0.4, -0.2) is 22.3 Å². The lowest BCUT2D eigenvalue weighted by atomic mass is 9.95. The van der Waals surface area contributed by atoms with E-state index >= 15 is 0 Å². The Morgan fingerprint density at radius 1 is 1.42 bits per heavy atom. The number of thiazole rings is 1.